The quantitative estimate of drug-likeness (QED) is 0.868. The third kappa shape index (κ3) is 2.33. The van der Waals surface area contributed by atoms with E-state index in [0.29, 0.717) is 42.9 Å². The summed E-state index contributed by atoms with van der Waals surface area (Å²) in [6.45, 7) is 3.55. The maximum atomic E-state index is 12.8. The Morgan fingerprint density at radius 2 is 2.26 bits per heavy atom. The molecule has 0 spiro atoms. The summed E-state index contributed by atoms with van der Waals surface area (Å²) in [5.41, 5.74) is 1.42. The normalized spacial score (nSPS) is 20.3. The van der Waals surface area contributed by atoms with Gasteiger partial charge in [0.05, 0.1) is 6.54 Å². The lowest BCUT2D eigenvalue weighted by Crippen LogP contribution is -2.39. The lowest BCUT2D eigenvalue weighted by molar-refractivity contribution is 0.0693. The van der Waals surface area contributed by atoms with Crippen molar-refractivity contribution in [2.24, 2.45) is 5.92 Å². The monoisotopic (exact) mass is 317 g/mol. The summed E-state index contributed by atoms with van der Waals surface area (Å²) in [4.78, 5) is 14.5. The van der Waals surface area contributed by atoms with Gasteiger partial charge in [-0.1, -0.05) is 12.1 Å². The fourth-order valence-electron chi connectivity index (χ4n) is 3.40. The Hall–Kier alpha value is -2.22. The van der Waals surface area contributed by atoms with Gasteiger partial charge in [-0.2, -0.15) is 0 Å². The number of carbonyl (C=O) groups is 1. The number of hydrogen-bond acceptors (Lipinski definition) is 6. The summed E-state index contributed by atoms with van der Waals surface area (Å²) in [5, 5.41) is 21.3. The van der Waals surface area contributed by atoms with Crippen LogP contribution < -0.4 is 0 Å². The van der Waals surface area contributed by atoms with Gasteiger partial charge in [0.25, 0.3) is 5.91 Å². The zero-order chi connectivity index (χ0) is 16.0. The standard InChI is InChI=1S/C15H19N5O3/c1-9-2-3-11-10(6-9)14(18-23-11)15(22)19-4-5-20-12(7-19)16-17-13(20)8-21/h9,21H,2-8H2,1H3. The summed E-state index contributed by atoms with van der Waals surface area (Å²) >= 11 is 0. The van der Waals surface area contributed by atoms with Crippen LogP contribution in [0, 0.1) is 5.92 Å². The smallest absolute Gasteiger partial charge is 0.276 e. The van der Waals surface area contributed by atoms with Crippen LogP contribution in [0.3, 0.4) is 0 Å². The van der Waals surface area contributed by atoms with Gasteiger partial charge in [-0.15, -0.1) is 10.2 Å². The average Bonchev–Trinajstić information content (AvgIpc) is 3.16. The van der Waals surface area contributed by atoms with Crippen molar-refractivity contribution in [3.05, 3.63) is 28.7 Å². The van der Waals surface area contributed by atoms with Crippen molar-refractivity contribution in [2.75, 3.05) is 6.54 Å². The molecule has 0 bridgehead atoms. The summed E-state index contributed by atoms with van der Waals surface area (Å²) in [6.07, 6.45) is 2.77. The number of aromatic nitrogens is 4. The number of carbonyl (C=O) groups excluding carboxylic acids is 1. The van der Waals surface area contributed by atoms with Crippen LogP contribution in [0.25, 0.3) is 0 Å². The van der Waals surface area contributed by atoms with Gasteiger partial charge in [0, 0.05) is 25.1 Å². The molecule has 8 nitrogen and oxygen atoms in total. The second kappa shape index (κ2) is 5.45. The molecule has 1 amide bonds. The fourth-order valence-corrected chi connectivity index (χ4v) is 3.40. The van der Waals surface area contributed by atoms with E-state index in [0.717, 1.165) is 30.6 Å². The van der Waals surface area contributed by atoms with Crippen LogP contribution in [-0.2, 0) is 32.5 Å². The van der Waals surface area contributed by atoms with Crippen molar-refractivity contribution in [1.29, 1.82) is 0 Å². The maximum absolute atomic E-state index is 12.8. The van der Waals surface area contributed by atoms with Crippen LogP contribution in [-0.4, -0.2) is 42.4 Å². The molecule has 3 heterocycles. The summed E-state index contributed by atoms with van der Waals surface area (Å²) < 4.78 is 7.24. The maximum Gasteiger partial charge on any atom is 0.276 e. The molecular weight excluding hydrogens is 298 g/mol. The minimum atomic E-state index is -0.143. The molecule has 2 aromatic heterocycles. The lowest BCUT2D eigenvalue weighted by atomic mass is 9.88. The minimum Gasteiger partial charge on any atom is -0.388 e. The van der Waals surface area contributed by atoms with Crippen molar-refractivity contribution in [3.63, 3.8) is 0 Å². The molecule has 1 aliphatic carbocycles. The molecule has 1 unspecified atom stereocenters. The third-order valence-corrected chi connectivity index (χ3v) is 4.75. The summed E-state index contributed by atoms with van der Waals surface area (Å²) in [7, 11) is 0. The van der Waals surface area contributed by atoms with Gasteiger partial charge in [-0.3, -0.25) is 4.79 Å². The predicted molar refractivity (Wildman–Crippen MR) is 78.4 cm³/mol. The first-order valence-electron chi connectivity index (χ1n) is 7.96. The molecule has 23 heavy (non-hydrogen) atoms. The van der Waals surface area contributed by atoms with Gasteiger partial charge in [0.15, 0.2) is 17.3 Å². The topological polar surface area (TPSA) is 97.3 Å². The number of nitrogens with zero attached hydrogens (tertiary/aromatic N) is 5. The Morgan fingerprint density at radius 3 is 3.09 bits per heavy atom. The van der Waals surface area contributed by atoms with E-state index in [4.69, 9.17) is 4.52 Å². The Bertz CT molecular complexity index is 750. The van der Waals surface area contributed by atoms with E-state index in [9.17, 15) is 9.90 Å². The van der Waals surface area contributed by atoms with Gasteiger partial charge < -0.3 is 19.1 Å². The van der Waals surface area contributed by atoms with Gasteiger partial charge in [-0.05, 0) is 18.8 Å². The molecule has 0 saturated heterocycles. The largest absolute Gasteiger partial charge is 0.388 e. The van der Waals surface area contributed by atoms with E-state index < -0.39 is 0 Å². The molecule has 1 aliphatic heterocycles. The molecule has 8 heteroatoms. The van der Waals surface area contributed by atoms with Crippen LogP contribution in [0.2, 0.25) is 0 Å². The van der Waals surface area contributed by atoms with Crippen LogP contribution in [0.15, 0.2) is 4.52 Å². The highest BCUT2D eigenvalue weighted by Gasteiger charge is 2.31. The number of amides is 1. The van der Waals surface area contributed by atoms with Gasteiger partial charge in [-0.25, -0.2) is 0 Å². The van der Waals surface area contributed by atoms with Crippen LogP contribution >= 0.6 is 0 Å². The zero-order valence-corrected chi connectivity index (χ0v) is 13.0. The van der Waals surface area contributed by atoms with Crippen molar-refractivity contribution < 1.29 is 14.4 Å². The zero-order valence-electron chi connectivity index (χ0n) is 13.0. The molecule has 1 N–H and O–H groups in total. The highest BCUT2D eigenvalue weighted by Crippen LogP contribution is 2.29. The lowest BCUT2D eigenvalue weighted by Gasteiger charge is -2.27. The van der Waals surface area contributed by atoms with Gasteiger partial charge >= 0.3 is 0 Å². The highest BCUT2D eigenvalue weighted by atomic mass is 16.5. The van der Waals surface area contributed by atoms with E-state index in [1.807, 2.05) is 4.57 Å². The average molecular weight is 317 g/mol. The Balaban J connectivity index is 1.58. The van der Waals surface area contributed by atoms with Crippen molar-refractivity contribution in [2.45, 2.75) is 45.9 Å². The van der Waals surface area contributed by atoms with Crippen LogP contribution in [0.1, 0.15) is 46.8 Å². The van der Waals surface area contributed by atoms with Crippen LogP contribution in [0.4, 0.5) is 0 Å². The fraction of sp³-hybridized carbons (Fsp3) is 0.600. The van der Waals surface area contributed by atoms with Crippen molar-refractivity contribution >= 4 is 5.91 Å². The molecule has 1 atom stereocenters. The Labute approximate surface area is 133 Å². The first kappa shape index (κ1) is 14.4. The SMILES string of the molecule is CC1CCc2onc(C(=O)N3CCn4c(CO)nnc4C3)c2C1. The first-order chi connectivity index (χ1) is 11.2. The number of aryl methyl sites for hydroxylation is 1. The van der Waals surface area contributed by atoms with E-state index >= 15 is 0 Å². The van der Waals surface area contributed by atoms with Crippen molar-refractivity contribution in [1.82, 2.24) is 24.8 Å². The number of aliphatic hydroxyl groups excluding tert-OH is 1. The second-order valence-electron chi connectivity index (χ2n) is 6.35. The molecule has 2 aliphatic rings. The Morgan fingerprint density at radius 1 is 1.39 bits per heavy atom. The molecular formula is C15H19N5O3. The third-order valence-electron chi connectivity index (χ3n) is 4.75. The van der Waals surface area contributed by atoms with Gasteiger partial charge in [0.1, 0.15) is 12.4 Å². The number of fused-ring (bicyclic) bond motifs is 2. The predicted octanol–water partition coefficient (Wildman–Crippen LogP) is 0.539. The molecule has 2 aromatic rings. The van der Waals surface area contributed by atoms with Crippen molar-refractivity contribution in [3.8, 4) is 0 Å². The number of hydrogen-bond donors (Lipinski definition) is 1. The number of aliphatic hydroxyl groups is 1. The summed E-state index contributed by atoms with van der Waals surface area (Å²) in [6, 6.07) is 0. The summed E-state index contributed by atoms with van der Waals surface area (Å²) in [5.74, 6) is 2.53. The molecule has 0 radical (unpaired) electrons. The molecule has 0 fully saturated rings. The van der Waals surface area contributed by atoms with E-state index in [1.54, 1.807) is 4.90 Å². The molecule has 0 aromatic carbocycles. The molecule has 0 saturated carbocycles. The second-order valence-corrected chi connectivity index (χ2v) is 6.35. The van der Waals surface area contributed by atoms with Gasteiger partial charge in [0.2, 0.25) is 0 Å². The van der Waals surface area contributed by atoms with E-state index in [2.05, 4.69) is 22.3 Å². The molecule has 122 valence electrons. The Kier molecular flexibility index (Phi) is 3.41. The minimum absolute atomic E-state index is 0.108. The highest BCUT2D eigenvalue weighted by molar-refractivity contribution is 5.94. The van der Waals surface area contributed by atoms with E-state index in [1.165, 1.54) is 0 Å². The number of rotatable bonds is 2. The van der Waals surface area contributed by atoms with E-state index in [-0.39, 0.29) is 12.5 Å². The first-order valence-corrected chi connectivity index (χ1v) is 7.96. The molecule has 4 rings (SSSR count). The van der Waals surface area contributed by atoms with Crippen LogP contribution in [0.5, 0.6) is 0 Å².